The Morgan fingerprint density at radius 3 is 2.76 bits per heavy atom. The molecule has 0 spiro atoms. The molecule has 1 aromatic carbocycles. The highest BCUT2D eigenvalue weighted by molar-refractivity contribution is 9.10. The van der Waals surface area contributed by atoms with Crippen LogP contribution < -0.4 is 5.32 Å². The van der Waals surface area contributed by atoms with Gasteiger partial charge in [-0.2, -0.15) is 0 Å². The Morgan fingerprint density at radius 1 is 1.43 bits per heavy atom. The molecule has 0 atom stereocenters. The number of hydrogen-bond donors (Lipinski definition) is 1. The number of nitrogens with one attached hydrogen (secondary N) is 1. The summed E-state index contributed by atoms with van der Waals surface area (Å²) in [5, 5.41) is 14.5. The van der Waals surface area contributed by atoms with E-state index >= 15 is 0 Å². The fourth-order valence-corrected chi connectivity index (χ4v) is 3.21. The molecule has 1 aliphatic heterocycles. The highest BCUT2D eigenvalue weighted by atomic mass is 79.9. The van der Waals surface area contributed by atoms with Gasteiger partial charge in [0, 0.05) is 28.7 Å². The number of rotatable bonds is 6. The molecule has 0 aromatic heterocycles. The summed E-state index contributed by atoms with van der Waals surface area (Å²) >= 11 is 3.38. The van der Waals surface area contributed by atoms with E-state index in [1.807, 2.05) is 6.07 Å². The minimum Gasteiger partial charge on any atom is -0.310 e. The zero-order chi connectivity index (χ0) is 15.2. The van der Waals surface area contributed by atoms with Crippen molar-refractivity contribution in [2.75, 3.05) is 19.6 Å². The Labute approximate surface area is 134 Å². The second-order valence-electron chi connectivity index (χ2n) is 5.53. The van der Waals surface area contributed by atoms with Gasteiger partial charge >= 0.3 is 0 Å². The molecular weight excluding hydrogens is 334 g/mol. The van der Waals surface area contributed by atoms with Crippen LogP contribution in [0, 0.1) is 10.1 Å². The summed E-state index contributed by atoms with van der Waals surface area (Å²) in [6.45, 7) is 6.16. The van der Waals surface area contributed by atoms with E-state index in [0.717, 1.165) is 36.0 Å². The molecule has 1 aromatic rings. The molecule has 1 heterocycles. The first-order chi connectivity index (χ1) is 10.1. The van der Waals surface area contributed by atoms with Gasteiger partial charge in [-0.1, -0.05) is 22.9 Å². The van der Waals surface area contributed by atoms with Crippen LogP contribution >= 0.6 is 15.9 Å². The summed E-state index contributed by atoms with van der Waals surface area (Å²) in [6.07, 6.45) is 3.42. The average Bonchev–Trinajstić information content (AvgIpc) is 2.46. The third kappa shape index (κ3) is 4.76. The molecule has 1 fully saturated rings. The Bertz CT molecular complexity index is 488. The van der Waals surface area contributed by atoms with Gasteiger partial charge in [-0.15, -0.1) is 0 Å². The van der Waals surface area contributed by atoms with Crippen LogP contribution in [0.15, 0.2) is 22.7 Å². The summed E-state index contributed by atoms with van der Waals surface area (Å²) in [4.78, 5) is 13.2. The minimum atomic E-state index is -0.312. The van der Waals surface area contributed by atoms with Gasteiger partial charge in [-0.05, 0) is 51.0 Å². The van der Waals surface area contributed by atoms with E-state index in [1.165, 1.54) is 13.0 Å². The number of nitro benzene ring substituents is 1. The number of hydrogen-bond acceptors (Lipinski definition) is 4. The van der Waals surface area contributed by atoms with E-state index in [9.17, 15) is 10.1 Å². The predicted molar refractivity (Wildman–Crippen MR) is 87.4 cm³/mol. The van der Waals surface area contributed by atoms with E-state index < -0.39 is 0 Å². The molecular formula is C15H22BrN3O2. The van der Waals surface area contributed by atoms with E-state index in [2.05, 4.69) is 33.1 Å². The molecule has 2 rings (SSSR count). The van der Waals surface area contributed by atoms with Crippen molar-refractivity contribution in [3.8, 4) is 0 Å². The maximum Gasteiger partial charge on any atom is 0.273 e. The van der Waals surface area contributed by atoms with Crippen LogP contribution in [-0.4, -0.2) is 35.5 Å². The fraction of sp³-hybridized carbons (Fsp3) is 0.600. The zero-order valence-corrected chi connectivity index (χ0v) is 13.9. The maximum atomic E-state index is 11.1. The van der Waals surface area contributed by atoms with E-state index in [1.54, 1.807) is 12.1 Å². The molecule has 116 valence electrons. The van der Waals surface area contributed by atoms with Gasteiger partial charge in [0.05, 0.1) is 4.92 Å². The zero-order valence-electron chi connectivity index (χ0n) is 12.3. The van der Waals surface area contributed by atoms with Gasteiger partial charge in [0.25, 0.3) is 5.69 Å². The molecule has 1 aliphatic rings. The SMILES string of the molecule is CCCN1CCC(NCc2cc(Br)ccc2[N+](=O)[O-])CC1. The van der Waals surface area contributed by atoms with Crippen LogP contribution in [0.5, 0.6) is 0 Å². The van der Waals surface area contributed by atoms with Gasteiger partial charge in [0.1, 0.15) is 0 Å². The largest absolute Gasteiger partial charge is 0.310 e. The molecule has 0 aliphatic carbocycles. The molecule has 0 saturated carbocycles. The standard InChI is InChI=1S/C15H22BrN3O2/c1-2-7-18-8-5-14(6-9-18)17-11-12-10-13(16)3-4-15(12)19(20)21/h3-4,10,14,17H,2,5-9,11H2,1H3. The number of likely N-dealkylation sites (tertiary alicyclic amines) is 1. The van der Waals surface area contributed by atoms with E-state index in [0.29, 0.717) is 12.6 Å². The van der Waals surface area contributed by atoms with Crippen molar-refractivity contribution < 1.29 is 4.92 Å². The van der Waals surface area contributed by atoms with E-state index in [-0.39, 0.29) is 10.6 Å². The lowest BCUT2D eigenvalue weighted by Crippen LogP contribution is -2.42. The minimum absolute atomic E-state index is 0.189. The Kier molecular flexibility index (Phi) is 6.14. The lowest BCUT2D eigenvalue weighted by Gasteiger charge is -2.32. The lowest BCUT2D eigenvalue weighted by molar-refractivity contribution is -0.385. The van der Waals surface area contributed by atoms with Gasteiger partial charge in [0.2, 0.25) is 0 Å². The third-order valence-corrected chi connectivity index (χ3v) is 4.44. The van der Waals surface area contributed by atoms with Gasteiger partial charge in [-0.3, -0.25) is 10.1 Å². The topological polar surface area (TPSA) is 58.4 Å². The van der Waals surface area contributed by atoms with Crippen LogP contribution in [0.4, 0.5) is 5.69 Å². The number of piperidine rings is 1. The summed E-state index contributed by atoms with van der Waals surface area (Å²) in [5.41, 5.74) is 0.930. The molecule has 0 unspecified atom stereocenters. The molecule has 1 saturated heterocycles. The normalized spacial score (nSPS) is 17.0. The van der Waals surface area contributed by atoms with Crippen LogP contribution in [-0.2, 0) is 6.54 Å². The number of nitrogens with zero attached hydrogens (tertiary/aromatic N) is 2. The Balaban J connectivity index is 1.89. The Hall–Kier alpha value is -0.980. The van der Waals surface area contributed by atoms with Crippen molar-refractivity contribution in [2.24, 2.45) is 0 Å². The molecule has 0 amide bonds. The molecule has 0 radical (unpaired) electrons. The second-order valence-corrected chi connectivity index (χ2v) is 6.44. The lowest BCUT2D eigenvalue weighted by atomic mass is 10.0. The van der Waals surface area contributed by atoms with Crippen molar-refractivity contribution in [1.82, 2.24) is 10.2 Å². The smallest absolute Gasteiger partial charge is 0.273 e. The summed E-state index contributed by atoms with van der Waals surface area (Å²) < 4.78 is 0.877. The maximum absolute atomic E-state index is 11.1. The molecule has 21 heavy (non-hydrogen) atoms. The first-order valence-electron chi connectivity index (χ1n) is 7.48. The van der Waals surface area contributed by atoms with E-state index in [4.69, 9.17) is 0 Å². The third-order valence-electron chi connectivity index (χ3n) is 3.95. The quantitative estimate of drug-likeness (QED) is 0.628. The number of nitro groups is 1. The van der Waals surface area contributed by atoms with Crippen molar-refractivity contribution >= 4 is 21.6 Å². The van der Waals surface area contributed by atoms with Gasteiger partial charge < -0.3 is 10.2 Å². The molecule has 0 bridgehead atoms. The first kappa shape index (κ1) is 16.4. The highest BCUT2D eigenvalue weighted by Gasteiger charge is 2.20. The monoisotopic (exact) mass is 355 g/mol. The highest BCUT2D eigenvalue weighted by Crippen LogP contribution is 2.23. The number of halogens is 1. The number of benzene rings is 1. The first-order valence-corrected chi connectivity index (χ1v) is 8.28. The predicted octanol–water partition coefficient (Wildman–Crippen LogP) is 3.32. The van der Waals surface area contributed by atoms with Gasteiger partial charge in [0.15, 0.2) is 0 Å². The van der Waals surface area contributed by atoms with Gasteiger partial charge in [-0.25, -0.2) is 0 Å². The summed E-state index contributed by atoms with van der Waals surface area (Å²) in [7, 11) is 0. The van der Waals surface area contributed by atoms with Crippen LogP contribution in [0.25, 0.3) is 0 Å². The second kappa shape index (κ2) is 7.87. The van der Waals surface area contributed by atoms with Crippen molar-refractivity contribution in [1.29, 1.82) is 0 Å². The van der Waals surface area contributed by atoms with Crippen molar-refractivity contribution in [3.63, 3.8) is 0 Å². The van der Waals surface area contributed by atoms with Crippen LogP contribution in [0.2, 0.25) is 0 Å². The summed E-state index contributed by atoms with van der Waals surface area (Å²) in [6, 6.07) is 5.56. The van der Waals surface area contributed by atoms with Crippen molar-refractivity contribution in [2.45, 2.75) is 38.8 Å². The van der Waals surface area contributed by atoms with Crippen molar-refractivity contribution in [3.05, 3.63) is 38.3 Å². The van der Waals surface area contributed by atoms with Crippen LogP contribution in [0.3, 0.4) is 0 Å². The average molecular weight is 356 g/mol. The Morgan fingerprint density at radius 2 is 2.14 bits per heavy atom. The fourth-order valence-electron chi connectivity index (χ4n) is 2.81. The molecule has 6 heteroatoms. The molecule has 1 N–H and O–H groups in total. The van der Waals surface area contributed by atoms with Crippen LogP contribution in [0.1, 0.15) is 31.7 Å². The summed E-state index contributed by atoms with van der Waals surface area (Å²) in [5.74, 6) is 0. The molecule has 5 nitrogen and oxygen atoms in total.